The first-order valence-electron chi connectivity index (χ1n) is 6.99. The fourth-order valence-electron chi connectivity index (χ4n) is 2.23. The Hall–Kier alpha value is -1.81. The van der Waals surface area contributed by atoms with Gasteiger partial charge >= 0.3 is 0 Å². The number of fused-ring (bicyclic) bond motifs is 1. The minimum atomic E-state index is -0.736. The number of para-hydroxylation sites is 1. The first-order valence-corrected chi connectivity index (χ1v) is 6.99. The Balaban J connectivity index is 1.95. The number of methoxy groups -OCH3 is 1. The molecule has 0 aliphatic rings. The van der Waals surface area contributed by atoms with Crippen molar-refractivity contribution in [3.8, 4) is 0 Å². The van der Waals surface area contributed by atoms with Crippen LogP contribution < -0.4 is 5.32 Å². The fraction of sp³-hybridized carbons (Fsp3) is 0.438. The smallest absolute Gasteiger partial charge is 0.251 e. The molecule has 0 aliphatic carbocycles. The SMILES string of the molecule is CCC(C)(OC)C(=O)NCCc1c[nH]c2ccccc12. The predicted molar refractivity (Wildman–Crippen MR) is 80.7 cm³/mol. The molecule has 1 atom stereocenters. The first kappa shape index (κ1) is 14.6. The molecule has 1 aromatic heterocycles. The molecule has 0 saturated heterocycles. The van der Waals surface area contributed by atoms with E-state index in [0.29, 0.717) is 13.0 Å². The van der Waals surface area contributed by atoms with Gasteiger partial charge in [-0.15, -0.1) is 0 Å². The summed E-state index contributed by atoms with van der Waals surface area (Å²) in [6, 6.07) is 8.18. The Bertz CT molecular complexity index is 585. The molecule has 2 N–H and O–H groups in total. The molecule has 1 aromatic carbocycles. The van der Waals surface area contributed by atoms with Crippen molar-refractivity contribution >= 4 is 16.8 Å². The van der Waals surface area contributed by atoms with E-state index in [1.165, 1.54) is 10.9 Å². The molecule has 0 fully saturated rings. The topological polar surface area (TPSA) is 54.1 Å². The lowest BCUT2D eigenvalue weighted by Crippen LogP contribution is -2.46. The summed E-state index contributed by atoms with van der Waals surface area (Å²) in [4.78, 5) is 15.3. The van der Waals surface area contributed by atoms with Crippen LogP contribution in [-0.4, -0.2) is 30.1 Å². The van der Waals surface area contributed by atoms with Crippen molar-refractivity contribution in [2.24, 2.45) is 0 Å². The highest BCUT2D eigenvalue weighted by Gasteiger charge is 2.30. The van der Waals surface area contributed by atoms with Gasteiger partial charge < -0.3 is 15.0 Å². The van der Waals surface area contributed by atoms with Gasteiger partial charge in [0.1, 0.15) is 5.60 Å². The lowest BCUT2D eigenvalue weighted by atomic mass is 10.0. The number of rotatable bonds is 6. The second kappa shape index (κ2) is 6.09. The molecule has 2 rings (SSSR count). The third-order valence-corrected chi connectivity index (χ3v) is 3.96. The molecule has 1 amide bonds. The van der Waals surface area contributed by atoms with E-state index in [9.17, 15) is 4.79 Å². The minimum Gasteiger partial charge on any atom is -0.369 e. The van der Waals surface area contributed by atoms with Crippen molar-refractivity contribution in [3.05, 3.63) is 36.0 Å². The minimum absolute atomic E-state index is 0.0534. The fourth-order valence-corrected chi connectivity index (χ4v) is 2.23. The number of ether oxygens (including phenoxy) is 1. The Kier molecular flexibility index (Phi) is 4.45. The van der Waals surface area contributed by atoms with Crippen LogP contribution in [0.25, 0.3) is 10.9 Å². The van der Waals surface area contributed by atoms with Crippen LogP contribution in [0.3, 0.4) is 0 Å². The van der Waals surface area contributed by atoms with Gasteiger partial charge in [-0.25, -0.2) is 0 Å². The third kappa shape index (κ3) is 2.85. The number of H-pyrrole nitrogens is 1. The van der Waals surface area contributed by atoms with Crippen LogP contribution in [-0.2, 0) is 16.0 Å². The van der Waals surface area contributed by atoms with Crippen LogP contribution >= 0.6 is 0 Å². The van der Waals surface area contributed by atoms with E-state index in [2.05, 4.69) is 22.4 Å². The zero-order valence-electron chi connectivity index (χ0n) is 12.3. The van der Waals surface area contributed by atoms with Gasteiger partial charge in [-0.3, -0.25) is 4.79 Å². The largest absolute Gasteiger partial charge is 0.369 e. The molecule has 20 heavy (non-hydrogen) atoms. The maximum atomic E-state index is 12.1. The normalized spacial score (nSPS) is 14.2. The lowest BCUT2D eigenvalue weighted by Gasteiger charge is -2.25. The van der Waals surface area contributed by atoms with E-state index in [0.717, 1.165) is 11.9 Å². The molecule has 4 nitrogen and oxygen atoms in total. The van der Waals surface area contributed by atoms with Gasteiger partial charge in [0.25, 0.3) is 5.91 Å². The summed E-state index contributed by atoms with van der Waals surface area (Å²) in [6.45, 7) is 4.37. The molecule has 0 spiro atoms. The maximum Gasteiger partial charge on any atom is 0.251 e. The summed E-state index contributed by atoms with van der Waals surface area (Å²) in [5.74, 6) is -0.0534. The highest BCUT2D eigenvalue weighted by Crippen LogP contribution is 2.18. The number of amides is 1. The summed E-state index contributed by atoms with van der Waals surface area (Å²) >= 11 is 0. The standard InChI is InChI=1S/C16H22N2O2/c1-4-16(2,20-3)15(19)17-10-9-12-11-18-14-8-6-5-7-13(12)14/h5-8,11,18H,4,9-10H2,1-3H3,(H,17,19). The Morgan fingerprint density at radius 2 is 2.15 bits per heavy atom. The first-order chi connectivity index (χ1) is 9.60. The second-order valence-electron chi connectivity index (χ2n) is 5.15. The van der Waals surface area contributed by atoms with Gasteiger partial charge in [0.2, 0.25) is 0 Å². The van der Waals surface area contributed by atoms with E-state index >= 15 is 0 Å². The number of carbonyl (C=O) groups is 1. The summed E-state index contributed by atoms with van der Waals surface area (Å²) < 4.78 is 5.29. The molecule has 0 radical (unpaired) electrons. The molecule has 0 bridgehead atoms. The number of hydrogen-bond donors (Lipinski definition) is 2. The van der Waals surface area contributed by atoms with Gasteiger partial charge in [-0.1, -0.05) is 25.1 Å². The average Bonchev–Trinajstić information content (AvgIpc) is 2.90. The van der Waals surface area contributed by atoms with Crippen LogP contribution in [0.4, 0.5) is 0 Å². The third-order valence-electron chi connectivity index (χ3n) is 3.96. The van der Waals surface area contributed by atoms with E-state index in [4.69, 9.17) is 4.74 Å². The number of benzene rings is 1. The molecule has 2 aromatic rings. The zero-order valence-corrected chi connectivity index (χ0v) is 12.3. The number of aromatic nitrogens is 1. The van der Waals surface area contributed by atoms with Gasteiger partial charge in [0.15, 0.2) is 0 Å². The quantitative estimate of drug-likeness (QED) is 0.851. The van der Waals surface area contributed by atoms with Crippen molar-refractivity contribution in [3.63, 3.8) is 0 Å². The van der Waals surface area contributed by atoms with E-state index < -0.39 is 5.60 Å². The van der Waals surface area contributed by atoms with E-state index in [1.807, 2.05) is 32.2 Å². The summed E-state index contributed by atoms with van der Waals surface area (Å²) in [5.41, 5.74) is 1.61. The Labute approximate surface area is 119 Å². The van der Waals surface area contributed by atoms with Crippen molar-refractivity contribution in [1.29, 1.82) is 0 Å². The van der Waals surface area contributed by atoms with Crippen LogP contribution in [0, 0.1) is 0 Å². The van der Waals surface area contributed by atoms with Crippen molar-refractivity contribution in [2.75, 3.05) is 13.7 Å². The van der Waals surface area contributed by atoms with Crippen LogP contribution in [0.15, 0.2) is 30.5 Å². The summed E-state index contributed by atoms with van der Waals surface area (Å²) in [5, 5.41) is 4.16. The summed E-state index contributed by atoms with van der Waals surface area (Å²) in [6.07, 6.45) is 3.47. The molecule has 1 heterocycles. The maximum absolute atomic E-state index is 12.1. The van der Waals surface area contributed by atoms with E-state index in [-0.39, 0.29) is 5.91 Å². The highest BCUT2D eigenvalue weighted by molar-refractivity contribution is 5.85. The van der Waals surface area contributed by atoms with Crippen LogP contribution in [0.2, 0.25) is 0 Å². The van der Waals surface area contributed by atoms with Gasteiger partial charge in [0, 0.05) is 30.8 Å². The zero-order chi connectivity index (χ0) is 14.6. The lowest BCUT2D eigenvalue weighted by molar-refractivity contribution is -0.141. The van der Waals surface area contributed by atoms with Gasteiger partial charge in [-0.2, -0.15) is 0 Å². The monoisotopic (exact) mass is 274 g/mol. The van der Waals surface area contributed by atoms with Crippen molar-refractivity contribution in [1.82, 2.24) is 10.3 Å². The van der Waals surface area contributed by atoms with Crippen molar-refractivity contribution < 1.29 is 9.53 Å². The molecule has 0 aliphatic heterocycles. The van der Waals surface area contributed by atoms with Crippen LogP contribution in [0.1, 0.15) is 25.8 Å². The molecular formula is C16H22N2O2. The predicted octanol–water partition coefficient (Wildman–Crippen LogP) is 2.64. The Morgan fingerprint density at radius 1 is 1.40 bits per heavy atom. The molecular weight excluding hydrogens is 252 g/mol. The van der Waals surface area contributed by atoms with Gasteiger partial charge in [-0.05, 0) is 31.4 Å². The van der Waals surface area contributed by atoms with Crippen molar-refractivity contribution in [2.45, 2.75) is 32.3 Å². The molecule has 0 saturated carbocycles. The second-order valence-corrected chi connectivity index (χ2v) is 5.15. The number of nitrogens with one attached hydrogen (secondary N) is 2. The number of aromatic amines is 1. The van der Waals surface area contributed by atoms with Gasteiger partial charge in [0.05, 0.1) is 0 Å². The Morgan fingerprint density at radius 3 is 2.85 bits per heavy atom. The van der Waals surface area contributed by atoms with Crippen LogP contribution in [0.5, 0.6) is 0 Å². The number of hydrogen-bond acceptors (Lipinski definition) is 2. The molecule has 1 unspecified atom stereocenters. The molecule has 4 heteroatoms. The molecule has 108 valence electrons. The summed E-state index contributed by atoms with van der Waals surface area (Å²) in [7, 11) is 1.57. The average molecular weight is 274 g/mol. The van der Waals surface area contributed by atoms with E-state index in [1.54, 1.807) is 7.11 Å². The highest BCUT2D eigenvalue weighted by atomic mass is 16.5. The number of carbonyl (C=O) groups excluding carboxylic acids is 1.